The molecule has 2 N–H and O–H groups in total. The number of ether oxygens (including phenoxy) is 1. The van der Waals surface area contributed by atoms with E-state index in [2.05, 4.69) is 17.6 Å². The Bertz CT molecular complexity index is 1050. The van der Waals surface area contributed by atoms with Crippen LogP contribution in [0.5, 0.6) is 0 Å². The molecule has 3 fully saturated rings. The number of likely N-dealkylation sites (tertiary alicyclic amines) is 1. The normalized spacial score (nSPS) is 31.6. The molecule has 5 atom stereocenters. The lowest BCUT2D eigenvalue weighted by atomic mass is 9.74. The molecule has 0 unspecified atom stereocenters. The number of benzene rings is 1. The van der Waals surface area contributed by atoms with Gasteiger partial charge in [-0.05, 0) is 56.4 Å². The van der Waals surface area contributed by atoms with Crippen LogP contribution in [0.2, 0.25) is 0 Å². The van der Waals surface area contributed by atoms with Crippen molar-refractivity contribution in [3.8, 4) is 0 Å². The van der Waals surface area contributed by atoms with Crippen LogP contribution >= 0.6 is 0 Å². The first-order valence-corrected chi connectivity index (χ1v) is 13.2. The van der Waals surface area contributed by atoms with Crippen molar-refractivity contribution in [3.05, 3.63) is 41.5 Å². The van der Waals surface area contributed by atoms with Crippen LogP contribution in [0.25, 0.3) is 0 Å². The second-order valence-electron chi connectivity index (χ2n) is 10.7. The third kappa shape index (κ3) is 4.07. The molecule has 1 aliphatic carbocycles. The SMILES string of the molecule is CCCCN1C(=O)[C@H]2[C@@H](C(=O)Nc3ccc(C)c(C)c3)[C@H]3C=C[C@@]2(O3)[C@@H]1C(=O)NC1CCCCC1. The molecule has 1 spiro atoms. The van der Waals surface area contributed by atoms with Crippen molar-refractivity contribution in [2.45, 2.75) is 89.5 Å². The van der Waals surface area contributed by atoms with Gasteiger partial charge in [0.1, 0.15) is 11.6 Å². The number of anilines is 1. The summed E-state index contributed by atoms with van der Waals surface area (Å²) < 4.78 is 6.41. The Kier molecular flexibility index (Phi) is 6.47. The Morgan fingerprint density at radius 3 is 2.60 bits per heavy atom. The van der Waals surface area contributed by atoms with Crippen LogP contribution in [0.4, 0.5) is 5.69 Å². The van der Waals surface area contributed by atoms with Crippen molar-refractivity contribution in [1.82, 2.24) is 10.2 Å². The standard InChI is InChI=1S/C28H37N3O4/c1-4-5-15-31-24(26(33)29-19-9-7-6-8-10-19)28-14-13-21(35-28)22(23(28)27(31)34)25(32)30-20-12-11-17(2)18(3)16-20/h11-14,16,19,21-24H,4-10,15H2,1-3H3,(H,29,33)(H,30,32)/t21-,22+,23-,24+,28+/m1/s1. The number of unbranched alkanes of at least 4 members (excludes halogenated alkanes) is 1. The Labute approximate surface area is 207 Å². The number of hydrogen-bond donors (Lipinski definition) is 2. The van der Waals surface area contributed by atoms with Crippen molar-refractivity contribution in [1.29, 1.82) is 0 Å². The lowest BCUT2D eigenvalue weighted by Crippen LogP contribution is -2.56. The first-order chi connectivity index (χ1) is 16.9. The molecule has 7 heteroatoms. The van der Waals surface area contributed by atoms with Gasteiger partial charge in [-0.1, -0.05) is 50.8 Å². The fourth-order valence-corrected chi connectivity index (χ4v) is 6.41. The fraction of sp³-hybridized carbons (Fsp3) is 0.607. The predicted octanol–water partition coefficient (Wildman–Crippen LogP) is 3.64. The van der Waals surface area contributed by atoms with E-state index in [-0.39, 0.29) is 23.8 Å². The van der Waals surface area contributed by atoms with Crippen molar-refractivity contribution in [2.24, 2.45) is 11.8 Å². The molecule has 0 aromatic heterocycles. The molecule has 188 valence electrons. The average Bonchev–Trinajstić information content (AvgIpc) is 3.48. The van der Waals surface area contributed by atoms with Crippen molar-refractivity contribution < 1.29 is 19.1 Å². The maximum atomic E-state index is 13.8. The number of amides is 3. The molecule has 5 rings (SSSR count). The summed E-state index contributed by atoms with van der Waals surface area (Å²) >= 11 is 0. The Morgan fingerprint density at radius 2 is 1.89 bits per heavy atom. The summed E-state index contributed by atoms with van der Waals surface area (Å²) in [5.74, 6) is -1.88. The molecule has 2 bridgehead atoms. The maximum Gasteiger partial charge on any atom is 0.246 e. The summed E-state index contributed by atoms with van der Waals surface area (Å²) in [7, 11) is 0. The highest BCUT2D eigenvalue weighted by atomic mass is 16.5. The highest BCUT2D eigenvalue weighted by Gasteiger charge is 2.72. The summed E-state index contributed by atoms with van der Waals surface area (Å²) in [5, 5.41) is 6.24. The molecule has 1 aromatic rings. The van der Waals surface area contributed by atoms with Crippen LogP contribution in [0.15, 0.2) is 30.4 Å². The minimum Gasteiger partial charge on any atom is -0.359 e. The van der Waals surface area contributed by atoms with E-state index in [1.54, 1.807) is 4.90 Å². The Balaban J connectivity index is 1.42. The fourth-order valence-electron chi connectivity index (χ4n) is 6.41. The van der Waals surface area contributed by atoms with Crippen molar-refractivity contribution >= 4 is 23.4 Å². The Morgan fingerprint density at radius 1 is 1.11 bits per heavy atom. The number of hydrogen-bond acceptors (Lipinski definition) is 4. The number of rotatable bonds is 7. The molecule has 3 heterocycles. The number of nitrogens with zero attached hydrogens (tertiary/aromatic N) is 1. The highest BCUT2D eigenvalue weighted by Crippen LogP contribution is 2.55. The molecule has 1 saturated carbocycles. The summed E-state index contributed by atoms with van der Waals surface area (Å²) in [6, 6.07) is 5.19. The van der Waals surface area contributed by atoms with E-state index >= 15 is 0 Å². The van der Waals surface area contributed by atoms with Gasteiger partial charge in [-0.25, -0.2) is 0 Å². The first kappa shape index (κ1) is 24.0. The molecular weight excluding hydrogens is 442 g/mol. The molecule has 7 nitrogen and oxygen atoms in total. The van der Waals surface area contributed by atoms with Crippen LogP contribution in [-0.2, 0) is 19.1 Å². The summed E-state index contributed by atoms with van der Waals surface area (Å²) in [4.78, 5) is 42.7. The summed E-state index contributed by atoms with van der Waals surface area (Å²) in [5.41, 5.74) is 1.86. The van der Waals surface area contributed by atoms with Gasteiger partial charge in [-0.2, -0.15) is 0 Å². The molecule has 0 radical (unpaired) electrons. The number of fused-ring (bicyclic) bond motifs is 1. The molecule has 35 heavy (non-hydrogen) atoms. The second-order valence-corrected chi connectivity index (χ2v) is 10.7. The van der Waals surface area contributed by atoms with E-state index in [1.807, 2.05) is 44.2 Å². The predicted molar refractivity (Wildman–Crippen MR) is 134 cm³/mol. The summed E-state index contributed by atoms with van der Waals surface area (Å²) in [6.45, 7) is 6.59. The smallest absolute Gasteiger partial charge is 0.246 e. The van der Waals surface area contributed by atoms with Crippen LogP contribution in [0.3, 0.4) is 0 Å². The largest absolute Gasteiger partial charge is 0.359 e. The molecule has 3 aliphatic heterocycles. The monoisotopic (exact) mass is 479 g/mol. The molecule has 1 aromatic carbocycles. The molecule has 4 aliphatic rings. The molecule has 3 amide bonds. The lowest BCUT2D eigenvalue weighted by molar-refractivity contribution is -0.141. The van der Waals surface area contributed by atoms with Crippen LogP contribution in [0.1, 0.15) is 63.0 Å². The van der Waals surface area contributed by atoms with Crippen molar-refractivity contribution in [2.75, 3.05) is 11.9 Å². The lowest BCUT2D eigenvalue weighted by Gasteiger charge is -2.34. The number of nitrogens with one attached hydrogen (secondary N) is 2. The van der Waals surface area contributed by atoms with Crippen LogP contribution in [-0.4, -0.2) is 53.0 Å². The highest BCUT2D eigenvalue weighted by molar-refractivity contribution is 6.02. The van der Waals surface area contributed by atoms with Crippen LogP contribution in [0, 0.1) is 25.7 Å². The van der Waals surface area contributed by atoms with Gasteiger partial charge in [0, 0.05) is 18.3 Å². The molecular formula is C28H37N3O4. The molecule has 2 saturated heterocycles. The van der Waals surface area contributed by atoms with Gasteiger partial charge in [-0.15, -0.1) is 0 Å². The first-order valence-electron chi connectivity index (χ1n) is 13.2. The van der Waals surface area contributed by atoms with E-state index in [0.717, 1.165) is 49.7 Å². The number of carbonyl (C=O) groups is 3. The van der Waals surface area contributed by atoms with Gasteiger partial charge < -0.3 is 20.3 Å². The van der Waals surface area contributed by atoms with Crippen molar-refractivity contribution in [3.63, 3.8) is 0 Å². The van der Waals surface area contributed by atoms with E-state index in [0.29, 0.717) is 12.2 Å². The van der Waals surface area contributed by atoms with Gasteiger partial charge in [0.25, 0.3) is 0 Å². The third-order valence-electron chi connectivity index (χ3n) is 8.40. The topological polar surface area (TPSA) is 87.7 Å². The van der Waals surface area contributed by atoms with E-state index in [4.69, 9.17) is 4.74 Å². The van der Waals surface area contributed by atoms with Crippen LogP contribution < -0.4 is 10.6 Å². The second kappa shape index (κ2) is 9.41. The zero-order valence-electron chi connectivity index (χ0n) is 21.0. The minimum atomic E-state index is -1.08. The average molecular weight is 480 g/mol. The Hall–Kier alpha value is -2.67. The zero-order chi connectivity index (χ0) is 24.7. The van der Waals surface area contributed by atoms with Gasteiger partial charge in [0.2, 0.25) is 17.7 Å². The zero-order valence-corrected chi connectivity index (χ0v) is 21.0. The number of carbonyl (C=O) groups excluding carboxylic acids is 3. The maximum absolute atomic E-state index is 13.8. The van der Waals surface area contributed by atoms with Gasteiger partial charge in [0.05, 0.1) is 17.9 Å². The van der Waals surface area contributed by atoms with E-state index in [1.165, 1.54) is 6.42 Å². The van der Waals surface area contributed by atoms with E-state index in [9.17, 15) is 14.4 Å². The van der Waals surface area contributed by atoms with Gasteiger partial charge in [-0.3, -0.25) is 14.4 Å². The quantitative estimate of drug-likeness (QED) is 0.585. The summed E-state index contributed by atoms with van der Waals surface area (Å²) in [6.07, 6.45) is 10.3. The minimum absolute atomic E-state index is 0.140. The van der Waals surface area contributed by atoms with E-state index < -0.39 is 29.6 Å². The van der Waals surface area contributed by atoms with Gasteiger partial charge in [0.15, 0.2) is 0 Å². The third-order valence-corrected chi connectivity index (χ3v) is 8.40. The van der Waals surface area contributed by atoms with Gasteiger partial charge >= 0.3 is 0 Å². The number of aryl methyl sites for hydroxylation is 2.